The van der Waals surface area contributed by atoms with E-state index in [1.54, 1.807) is 0 Å². The number of aliphatic imine (C=N–C) groups is 1. The third-order valence-corrected chi connectivity index (χ3v) is 5.46. The van der Waals surface area contributed by atoms with Gasteiger partial charge in [0, 0.05) is 58.6 Å². The maximum atomic E-state index is 5.58. The lowest BCUT2D eigenvalue weighted by molar-refractivity contribution is 0.0487. The van der Waals surface area contributed by atoms with Gasteiger partial charge in [-0.25, -0.2) is 0 Å². The van der Waals surface area contributed by atoms with Crippen LogP contribution in [-0.2, 0) is 9.47 Å². The first-order chi connectivity index (χ1) is 15.3. The minimum Gasteiger partial charge on any atom is -0.379 e. The Kier molecular flexibility index (Phi) is 17.5. The number of hydrogen-bond donors (Lipinski definition) is 2. The first-order valence-electron chi connectivity index (χ1n) is 12.0. The lowest BCUT2D eigenvalue weighted by Gasteiger charge is -2.36. The van der Waals surface area contributed by atoms with Crippen molar-refractivity contribution in [2.24, 2.45) is 4.99 Å². The number of guanidine groups is 1. The smallest absolute Gasteiger partial charge is 0.191 e. The normalized spacial score (nSPS) is 14.8. The van der Waals surface area contributed by atoms with Crippen molar-refractivity contribution < 1.29 is 9.47 Å². The van der Waals surface area contributed by atoms with Crippen LogP contribution in [0.2, 0.25) is 0 Å². The molecule has 0 unspecified atom stereocenters. The Hall–Kier alpha value is -1.10. The molecule has 2 N–H and O–H groups in total. The van der Waals surface area contributed by atoms with Crippen molar-refractivity contribution >= 4 is 35.6 Å². The van der Waals surface area contributed by atoms with Crippen LogP contribution in [0.3, 0.4) is 0 Å². The van der Waals surface area contributed by atoms with E-state index in [4.69, 9.17) is 9.47 Å². The van der Waals surface area contributed by atoms with Gasteiger partial charge in [0.05, 0.1) is 19.8 Å². The molecule has 1 fully saturated rings. The number of rotatable bonds is 15. The van der Waals surface area contributed by atoms with Gasteiger partial charge in [0.25, 0.3) is 0 Å². The fourth-order valence-corrected chi connectivity index (χ4v) is 3.57. The van der Waals surface area contributed by atoms with Crippen molar-refractivity contribution in [1.29, 1.82) is 0 Å². The summed E-state index contributed by atoms with van der Waals surface area (Å²) in [7, 11) is 1.81. The second-order valence-electron chi connectivity index (χ2n) is 7.88. The van der Waals surface area contributed by atoms with E-state index in [1.807, 2.05) is 7.05 Å². The molecule has 1 aromatic carbocycles. The summed E-state index contributed by atoms with van der Waals surface area (Å²) in [5, 5.41) is 6.69. The number of para-hydroxylation sites is 1. The summed E-state index contributed by atoms with van der Waals surface area (Å²) in [4.78, 5) is 9.34. The predicted molar refractivity (Wildman–Crippen MR) is 146 cm³/mol. The number of anilines is 1. The van der Waals surface area contributed by atoms with Crippen molar-refractivity contribution in [2.45, 2.75) is 32.6 Å². The zero-order valence-corrected chi connectivity index (χ0v) is 22.4. The number of hydrogen-bond acceptors (Lipinski definition) is 5. The highest BCUT2D eigenvalue weighted by Crippen LogP contribution is 2.15. The number of nitrogens with one attached hydrogen (secondary N) is 2. The molecule has 1 aliphatic rings. The van der Waals surface area contributed by atoms with Crippen LogP contribution in [0.5, 0.6) is 0 Å². The van der Waals surface area contributed by atoms with E-state index in [-0.39, 0.29) is 24.0 Å². The summed E-state index contributed by atoms with van der Waals surface area (Å²) in [6.45, 7) is 12.4. The third-order valence-electron chi connectivity index (χ3n) is 5.46. The molecule has 32 heavy (non-hydrogen) atoms. The Balaban J connectivity index is 0.00000512. The molecule has 0 aliphatic carbocycles. The summed E-state index contributed by atoms with van der Waals surface area (Å²) in [6.07, 6.45) is 4.64. The Morgan fingerprint density at radius 1 is 0.875 bits per heavy atom. The summed E-state index contributed by atoms with van der Waals surface area (Å²) >= 11 is 0. The molecular formula is C24H44IN5O2. The molecule has 1 heterocycles. The lowest BCUT2D eigenvalue weighted by atomic mass is 10.2. The van der Waals surface area contributed by atoms with Gasteiger partial charge in [-0.3, -0.25) is 9.89 Å². The van der Waals surface area contributed by atoms with Crippen molar-refractivity contribution in [2.75, 3.05) is 84.2 Å². The van der Waals surface area contributed by atoms with Gasteiger partial charge in [0.2, 0.25) is 0 Å². The molecule has 0 amide bonds. The highest BCUT2D eigenvalue weighted by Gasteiger charge is 2.16. The highest BCUT2D eigenvalue weighted by atomic mass is 127. The molecule has 0 radical (unpaired) electrons. The molecule has 8 heteroatoms. The van der Waals surface area contributed by atoms with E-state index >= 15 is 0 Å². The fraction of sp³-hybridized carbons (Fsp3) is 0.708. The van der Waals surface area contributed by atoms with E-state index in [9.17, 15) is 0 Å². The summed E-state index contributed by atoms with van der Waals surface area (Å²) in [6, 6.07) is 10.7. The van der Waals surface area contributed by atoms with Crippen molar-refractivity contribution in [3.63, 3.8) is 0 Å². The van der Waals surface area contributed by atoms with Crippen LogP contribution < -0.4 is 15.5 Å². The van der Waals surface area contributed by atoms with Crippen LogP contribution in [0.25, 0.3) is 0 Å². The molecule has 0 atom stereocenters. The number of halogens is 1. The van der Waals surface area contributed by atoms with Gasteiger partial charge in [-0.2, -0.15) is 0 Å². The van der Waals surface area contributed by atoms with Crippen LogP contribution in [0, 0.1) is 0 Å². The van der Waals surface area contributed by atoms with E-state index in [2.05, 4.69) is 62.7 Å². The quantitative estimate of drug-likeness (QED) is 0.149. The van der Waals surface area contributed by atoms with E-state index in [0.29, 0.717) is 19.8 Å². The molecule has 1 saturated heterocycles. The highest BCUT2D eigenvalue weighted by molar-refractivity contribution is 14.0. The van der Waals surface area contributed by atoms with Gasteiger partial charge in [-0.1, -0.05) is 31.5 Å². The van der Waals surface area contributed by atoms with Crippen molar-refractivity contribution in [3.05, 3.63) is 30.3 Å². The molecule has 0 bridgehead atoms. The van der Waals surface area contributed by atoms with Gasteiger partial charge < -0.3 is 25.0 Å². The minimum atomic E-state index is 0. The average Bonchev–Trinajstić information content (AvgIpc) is 2.82. The third kappa shape index (κ3) is 12.8. The number of benzene rings is 1. The summed E-state index contributed by atoms with van der Waals surface area (Å²) in [5.74, 6) is 0.847. The van der Waals surface area contributed by atoms with Crippen molar-refractivity contribution in [3.8, 4) is 0 Å². The maximum Gasteiger partial charge on any atom is 0.191 e. The fourth-order valence-electron chi connectivity index (χ4n) is 3.57. The Morgan fingerprint density at radius 3 is 2.25 bits per heavy atom. The largest absolute Gasteiger partial charge is 0.379 e. The average molecular weight is 562 g/mol. The standard InChI is InChI=1S/C24H43N5O2.HI/c1-3-4-19-30-21-22-31-20-13-27-24(25-2)26-12-8-9-14-28-15-17-29(18-16-28)23-10-6-5-7-11-23;/h5-7,10-11H,3-4,8-9,12-22H2,1-2H3,(H2,25,26,27);1H. The summed E-state index contributed by atoms with van der Waals surface area (Å²) < 4.78 is 11.1. The predicted octanol–water partition coefficient (Wildman–Crippen LogP) is 3.21. The molecule has 0 aromatic heterocycles. The zero-order valence-electron chi connectivity index (χ0n) is 20.1. The van der Waals surface area contributed by atoms with E-state index < -0.39 is 0 Å². The van der Waals surface area contributed by atoms with Crippen LogP contribution in [0.4, 0.5) is 5.69 Å². The maximum absolute atomic E-state index is 5.58. The molecule has 184 valence electrons. The van der Waals surface area contributed by atoms with E-state index in [0.717, 1.165) is 64.7 Å². The Morgan fingerprint density at radius 2 is 1.56 bits per heavy atom. The van der Waals surface area contributed by atoms with Crippen LogP contribution in [0.15, 0.2) is 35.3 Å². The molecule has 1 aliphatic heterocycles. The van der Waals surface area contributed by atoms with Crippen LogP contribution in [-0.4, -0.2) is 90.1 Å². The van der Waals surface area contributed by atoms with Gasteiger partial charge in [0.15, 0.2) is 5.96 Å². The summed E-state index contributed by atoms with van der Waals surface area (Å²) in [5.41, 5.74) is 1.34. The Bertz CT molecular complexity index is 583. The molecule has 0 saturated carbocycles. The van der Waals surface area contributed by atoms with Crippen molar-refractivity contribution in [1.82, 2.24) is 15.5 Å². The minimum absolute atomic E-state index is 0. The molecular weight excluding hydrogens is 517 g/mol. The van der Waals surface area contributed by atoms with Gasteiger partial charge in [-0.15, -0.1) is 24.0 Å². The van der Waals surface area contributed by atoms with Crippen LogP contribution in [0.1, 0.15) is 32.6 Å². The number of piperazine rings is 1. The second kappa shape index (κ2) is 19.4. The topological polar surface area (TPSA) is 61.4 Å². The number of unbranched alkanes of at least 4 members (excludes halogenated alkanes) is 2. The van der Waals surface area contributed by atoms with Gasteiger partial charge in [0.1, 0.15) is 0 Å². The first-order valence-corrected chi connectivity index (χ1v) is 12.0. The zero-order chi connectivity index (χ0) is 22.0. The van der Waals surface area contributed by atoms with Gasteiger partial charge >= 0.3 is 0 Å². The molecule has 0 spiro atoms. The molecule has 1 aromatic rings. The SMILES string of the molecule is CCCCOCCOCCNC(=NC)NCCCCN1CCN(c2ccccc2)CC1.I. The Labute approximate surface area is 212 Å². The van der Waals surface area contributed by atoms with E-state index in [1.165, 1.54) is 25.1 Å². The monoisotopic (exact) mass is 561 g/mol. The molecule has 2 rings (SSSR count). The van der Waals surface area contributed by atoms with Crippen LogP contribution >= 0.6 is 24.0 Å². The first kappa shape index (κ1) is 28.9. The number of ether oxygens (including phenoxy) is 2. The van der Waals surface area contributed by atoms with Gasteiger partial charge in [-0.05, 0) is 37.9 Å². The number of nitrogens with zero attached hydrogens (tertiary/aromatic N) is 3. The lowest BCUT2D eigenvalue weighted by Crippen LogP contribution is -2.46. The molecule has 7 nitrogen and oxygen atoms in total. The second-order valence-corrected chi connectivity index (χ2v) is 7.88.